The van der Waals surface area contributed by atoms with E-state index in [2.05, 4.69) is 55.8 Å². The van der Waals surface area contributed by atoms with Crippen molar-refractivity contribution in [1.82, 2.24) is 20.3 Å². The van der Waals surface area contributed by atoms with Gasteiger partial charge >= 0.3 is 0 Å². The Bertz CT molecular complexity index is 588. The van der Waals surface area contributed by atoms with Crippen molar-refractivity contribution in [2.24, 2.45) is 13.0 Å². The lowest BCUT2D eigenvalue weighted by Crippen LogP contribution is -2.31. The Balaban J connectivity index is 1.89. The molecule has 106 valence electrons. The molecule has 0 bridgehead atoms. The highest BCUT2D eigenvalue weighted by molar-refractivity contribution is 9.10. The minimum atomic E-state index is 0.276. The summed E-state index contributed by atoms with van der Waals surface area (Å²) in [5.74, 6) is 0.573. The van der Waals surface area contributed by atoms with E-state index in [1.165, 1.54) is 17.5 Å². The monoisotopic (exact) mass is 334 g/mol. The first-order valence-electron chi connectivity index (χ1n) is 7.00. The number of benzene rings is 1. The van der Waals surface area contributed by atoms with Crippen molar-refractivity contribution in [1.29, 1.82) is 0 Å². The van der Waals surface area contributed by atoms with Crippen LogP contribution < -0.4 is 5.32 Å². The van der Waals surface area contributed by atoms with E-state index >= 15 is 0 Å². The van der Waals surface area contributed by atoms with E-state index in [0.717, 1.165) is 23.1 Å². The zero-order chi connectivity index (χ0) is 14.1. The fourth-order valence-electron chi connectivity index (χ4n) is 3.28. The SMILES string of the molecule is CNC(c1c(Br)nnn1C)C1CCc2ccccc2C1. The lowest BCUT2D eigenvalue weighted by molar-refractivity contribution is 0.327. The van der Waals surface area contributed by atoms with E-state index in [1.807, 2.05) is 18.8 Å². The Morgan fingerprint density at radius 1 is 1.35 bits per heavy atom. The third-order valence-corrected chi connectivity index (χ3v) is 4.85. The Kier molecular flexibility index (Phi) is 3.89. The van der Waals surface area contributed by atoms with E-state index < -0.39 is 0 Å². The van der Waals surface area contributed by atoms with Gasteiger partial charge in [-0.25, -0.2) is 4.68 Å². The highest BCUT2D eigenvalue weighted by Gasteiger charge is 2.30. The average Bonchev–Trinajstić information content (AvgIpc) is 2.80. The molecule has 0 amide bonds. The van der Waals surface area contributed by atoms with E-state index in [-0.39, 0.29) is 6.04 Å². The van der Waals surface area contributed by atoms with Crippen LogP contribution in [0.25, 0.3) is 0 Å². The average molecular weight is 335 g/mol. The second-order valence-corrected chi connectivity index (χ2v) is 6.18. The molecule has 2 aromatic rings. The summed E-state index contributed by atoms with van der Waals surface area (Å²) in [5.41, 5.74) is 4.12. The molecule has 20 heavy (non-hydrogen) atoms. The normalized spacial score (nSPS) is 19.6. The molecule has 1 N–H and O–H groups in total. The number of fused-ring (bicyclic) bond motifs is 1. The van der Waals surface area contributed by atoms with Crippen LogP contribution in [-0.2, 0) is 19.9 Å². The lowest BCUT2D eigenvalue weighted by atomic mass is 9.79. The van der Waals surface area contributed by atoms with E-state index in [9.17, 15) is 0 Å². The van der Waals surface area contributed by atoms with Gasteiger partial charge in [-0.05, 0) is 59.3 Å². The molecule has 0 aliphatic heterocycles. The fourth-order valence-corrected chi connectivity index (χ4v) is 3.85. The maximum Gasteiger partial charge on any atom is 0.153 e. The van der Waals surface area contributed by atoms with Gasteiger partial charge in [0.1, 0.15) is 0 Å². The molecule has 0 spiro atoms. The van der Waals surface area contributed by atoms with Gasteiger partial charge in [0.25, 0.3) is 0 Å². The van der Waals surface area contributed by atoms with Crippen LogP contribution >= 0.6 is 15.9 Å². The van der Waals surface area contributed by atoms with Crippen LogP contribution in [0.15, 0.2) is 28.9 Å². The van der Waals surface area contributed by atoms with E-state index in [4.69, 9.17) is 0 Å². The van der Waals surface area contributed by atoms with Crippen molar-refractivity contribution in [2.75, 3.05) is 7.05 Å². The molecular formula is C15H19BrN4. The van der Waals surface area contributed by atoms with Crippen LogP contribution in [-0.4, -0.2) is 22.0 Å². The Labute approximate surface area is 127 Å². The Hall–Kier alpha value is -1.20. The minimum absolute atomic E-state index is 0.276. The number of aromatic nitrogens is 3. The number of hydrogen-bond acceptors (Lipinski definition) is 3. The van der Waals surface area contributed by atoms with Crippen molar-refractivity contribution >= 4 is 15.9 Å². The van der Waals surface area contributed by atoms with Crippen LogP contribution in [0.5, 0.6) is 0 Å². The number of nitrogens with zero attached hydrogens (tertiary/aromatic N) is 3. The van der Waals surface area contributed by atoms with Crippen LogP contribution in [0.3, 0.4) is 0 Å². The summed E-state index contributed by atoms with van der Waals surface area (Å²) < 4.78 is 2.71. The van der Waals surface area contributed by atoms with Gasteiger partial charge < -0.3 is 5.32 Å². The molecule has 4 nitrogen and oxygen atoms in total. The van der Waals surface area contributed by atoms with Crippen molar-refractivity contribution in [2.45, 2.75) is 25.3 Å². The molecule has 0 saturated carbocycles. The van der Waals surface area contributed by atoms with Gasteiger partial charge in [-0.1, -0.05) is 29.5 Å². The minimum Gasteiger partial charge on any atom is -0.311 e. The maximum absolute atomic E-state index is 4.11. The first-order chi connectivity index (χ1) is 9.70. The van der Waals surface area contributed by atoms with Gasteiger partial charge in [0.05, 0.1) is 11.7 Å². The molecule has 1 aromatic heterocycles. The zero-order valence-electron chi connectivity index (χ0n) is 11.8. The van der Waals surface area contributed by atoms with Crippen molar-refractivity contribution in [3.63, 3.8) is 0 Å². The van der Waals surface area contributed by atoms with E-state index in [1.54, 1.807) is 0 Å². The standard InChI is InChI=1S/C15H19BrN4/c1-17-13(14-15(16)18-19-20(14)2)12-8-7-10-5-3-4-6-11(10)9-12/h3-6,12-13,17H,7-9H2,1-2H3. The number of rotatable bonds is 3. The highest BCUT2D eigenvalue weighted by atomic mass is 79.9. The van der Waals surface area contributed by atoms with Gasteiger partial charge in [0.2, 0.25) is 0 Å². The van der Waals surface area contributed by atoms with Gasteiger partial charge in [-0.2, -0.15) is 0 Å². The molecular weight excluding hydrogens is 316 g/mol. The topological polar surface area (TPSA) is 42.7 Å². The first-order valence-corrected chi connectivity index (χ1v) is 7.79. The number of aryl methyl sites for hydroxylation is 2. The summed E-state index contributed by atoms with van der Waals surface area (Å²) in [5, 5.41) is 11.7. The lowest BCUT2D eigenvalue weighted by Gasteiger charge is -2.31. The van der Waals surface area contributed by atoms with Crippen LogP contribution in [0.1, 0.15) is 29.3 Å². The van der Waals surface area contributed by atoms with Crippen LogP contribution in [0.4, 0.5) is 0 Å². The molecule has 2 atom stereocenters. The molecule has 1 aliphatic rings. The Morgan fingerprint density at radius 2 is 2.10 bits per heavy atom. The van der Waals surface area contributed by atoms with Crippen LogP contribution in [0.2, 0.25) is 0 Å². The molecule has 3 rings (SSSR count). The molecule has 5 heteroatoms. The van der Waals surface area contributed by atoms with Gasteiger partial charge in [-0.3, -0.25) is 0 Å². The predicted octanol–water partition coefficient (Wildman–Crippen LogP) is 2.64. The second-order valence-electron chi connectivity index (χ2n) is 5.43. The summed E-state index contributed by atoms with van der Waals surface area (Å²) in [4.78, 5) is 0. The third-order valence-electron chi connectivity index (χ3n) is 4.29. The molecule has 1 aliphatic carbocycles. The summed E-state index contributed by atoms with van der Waals surface area (Å²) in [6.07, 6.45) is 3.46. The van der Waals surface area contributed by atoms with Crippen molar-refractivity contribution < 1.29 is 0 Å². The number of nitrogens with one attached hydrogen (secondary N) is 1. The van der Waals surface area contributed by atoms with Crippen molar-refractivity contribution in [3.8, 4) is 0 Å². The van der Waals surface area contributed by atoms with Gasteiger partial charge in [0.15, 0.2) is 4.60 Å². The molecule has 1 heterocycles. The molecule has 2 unspecified atom stereocenters. The summed E-state index contributed by atoms with van der Waals surface area (Å²) in [6, 6.07) is 9.05. The molecule has 1 aromatic carbocycles. The second kappa shape index (κ2) is 5.66. The quantitative estimate of drug-likeness (QED) is 0.938. The van der Waals surface area contributed by atoms with Crippen molar-refractivity contribution in [3.05, 3.63) is 45.7 Å². The highest BCUT2D eigenvalue weighted by Crippen LogP contribution is 2.35. The predicted molar refractivity (Wildman–Crippen MR) is 82.5 cm³/mol. The molecule has 0 saturated heterocycles. The van der Waals surface area contributed by atoms with Gasteiger partial charge in [-0.15, -0.1) is 5.10 Å². The van der Waals surface area contributed by atoms with E-state index in [0.29, 0.717) is 5.92 Å². The summed E-state index contributed by atoms with van der Waals surface area (Å²) in [6.45, 7) is 0. The van der Waals surface area contributed by atoms with Gasteiger partial charge in [0, 0.05) is 7.05 Å². The Morgan fingerprint density at radius 3 is 2.75 bits per heavy atom. The summed E-state index contributed by atoms with van der Waals surface area (Å²) >= 11 is 3.52. The third kappa shape index (κ3) is 2.40. The van der Waals surface area contributed by atoms with Crippen LogP contribution in [0, 0.1) is 5.92 Å². The smallest absolute Gasteiger partial charge is 0.153 e. The summed E-state index contributed by atoms with van der Waals surface area (Å²) in [7, 11) is 3.97. The molecule has 0 fully saturated rings. The number of halogens is 1. The zero-order valence-corrected chi connectivity index (χ0v) is 13.4. The maximum atomic E-state index is 4.11. The first kappa shape index (κ1) is 13.8. The largest absolute Gasteiger partial charge is 0.311 e. The fraction of sp³-hybridized carbons (Fsp3) is 0.467. The number of hydrogen-bond donors (Lipinski definition) is 1. The molecule has 0 radical (unpaired) electrons.